The normalized spacial score (nSPS) is 13.4. The lowest BCUT2D eigenvalue weighted by atomic mass is 9.65. The highest BCUT2D eigenvalue weighted by molar-refractivity contribution is 5.78. The van der Waals surface area contributed by atoms with Crippen molar-refractivity contribution in [1.29, 1.82) is 0 Å². The summed E-state index contributed by atoms with van der Waals surface area (Å²) in [6.07, 6.45) is 31.5. The molecule has 0 unspecified atom stereocenters. The van der Waals surface area contributed by atoms with Gasteiger partial charge in [0.15, 0.2) is 0 Å². The number of aryl methyl sites for hydroxylation is 4. The van der Waals surface area contributed by atoms with E-state index in [9.17, 15) is 0 Å². The van der Waals surface area contributed by atoms with Crippen molar-refractivity contribution < 1.29 is 0 Å². The quantitative estimate of drug-likeness (QED) is 0.0453. The second-order valence-electron chi connectivity index (χ2n) is 20.3. The zero-order valence-electron chi connectivity index (χ0n) is 42.9. The number of nitrogens with zero attached hydrogens (tertiary/aromatic N) is 2. The molecule has 0 N–H and O–H groups in total. The fraction of sp³-hybridized carbons (Fsp3) is 0.455. The molecule has 1 aliphatic rings. The van der Waals surface area contributed by atoms with Crippen LogP contribution in [0.2, 0.25) is 0 Å². The van der Waals surface area contributed by atoms with E-state index in [1.807, 2.05) is 0 Å². The Labute approximate surface area is 414 Å². The van der Waals surface area contributed by atoms with Crippen LogP contribution >= 0.6 is 0 Å². The fourth-order valence-electron chi connectivity index (χ4n) is 10.9. The van der Waals surface area contributed by atoms with Gasteiger partial charge in [0.1, 0.15) is 0 Å². The molecular formula is C66H86N2. The van der Waals surface area contributed by atoms with E-state index in [1.54, 1.807) is 0 Å². The standard InChI is InChI=1S/C66H86N2/c1-5-9-13-18-24-54-28-40-60(41-29-54)67(61-42-30-55(31-43-61)25-19-14-10-6-2)64-48-36-58(37-49-64)66(52-22-17-23-53-66)59-38-50-65(51-39-59)68(62-44-32-56(33-45-62)26-20-15-11-7-3)63-46-34-57(35-47-63)27-21-16-12-8-4/h28-51H,5-27,52-53H2,1-4H3. The molecule has 7 rings (SSSR count). The Balaban J connectivity index is 1.17. The van der Waals surface area contributed by atoms with E-state index < -0.39 is 0 Å². The van der Waals surface area contributed by atoms with Crippen molar-refractivity contribution in [2.45, 2.75) is 194 Å². The molecule has 2 heteroatoms. The third kappa shape index (κ3) is 14.0. The lowest BCUT2D eigenvalue weighted by Gasteiger charge is -2.39. The van der Waals surface area contributed by atoms with Crippen LogP contribution in [0.4, 0.5) is 34.1 Å². The monoisotopic (exact) mass is 907 g/mol. The number of rotatable bonds is 28. The van der Waals surface area contributed by atoms with Crippen LogP contribution in [0.25, 0.3) is 0 Å². The molecule has 0 heterocycles. The van der Waals surface area contributed by atoms with Crippen LogP contribution in [0, 0.1) is 0 Å². The van der Waals surface area contributed by atoms with Gasteiger partial charge in [-0.2, -0.15) is 0 Å². The summed E-state index contributed by atoms with van der Waals surface area (Å²) >= 11 is 0. The largest absolute Gasteiger partial charge is 0.311 e. The third-order valence-corrected chi connectivity index (χ3v) is 15.1. The second kappa shape index (κ2) is 27.2. The van der Waals surface area contributed by atoms with Gasteiger partial charge in [0.05, 0.1) is 0 Å². The minimum Gasteiger partial charge on any atom is -0.311 e. The average molecular weight is 907 g/mol. The van der Waals surface area contributed by atoms with Crippen LogP contribution in [0.3, 0.4) is 0 Å². The summed E-state index contributed by atoms with van der Waals surface area (Å²) in [6, 6.07) is 57.2. The van der Waals surface area contributed by atoms with Gasteiger partial charge in [0.2, 0.25) is 0 Å². The Kier molecular flexibility index (Phi) is 20.3. The molecule has 0 aliphatic heterocycles. The Bertz CT molecular complexity index is 2010. The predicted molar refractivity (Wildman–Crippen MR) is 297 cm³/mol. The smallest absolute Gasteiger partial charge is 0.0461 e. The molecule has 68 heavy (non-hydrogen) atoms. The molecule has 1 aliphatic carbocycles. The first-order valence-electron chi connectivity index (χ1n) is 27.7. The van der Waals surface area contributed by atoms with Gasteiger partial charge in [0, 0.05) is 39.5 Å². The van der Waals surface area contributed by atoms with Crippen molar-refractivity contribution in [3.63, 3.8) is 0 Å². The number of unbranched alkanes of at least 4 members (excludes halogenated alkanes) is 12. The van der Waals surface area contributed by atoms with E-state index >= 15 is 0 Å². The molecular weight excluding hydrogens is 821 g/mol. The number of anilines is 6. The van der Waals surface area contributed by atoms with Crippen molar-refractivity contribution in [2.75, 3.05) is 9.80 Å². The minimum atomic E-state index is -0.0112. The molecule has 0 aromatic heterocycles. The van der Waals surface area contributed by atoms with Crippen molar-refractivity contribution in [2.24, 2.45) is 0 Å². The van der Waals surface area contributed by atoms with Crippen LogP contribution < -0.4 is 9.80 Å². The summed E-state index contributed by atoms with van der Waals surface area (Å²) in [5.74, 6) is 0. The number of hydrogen-bond acceptors (Lipinski definition) is 2. The molecule has 1 saturated carbocycles. The molecule has 0 spiro atoms. The molecule has 1 fully saturated rings. The molecule has 360 valence electrons. The van der Waals surface area contributed by atoms with E-state index in [0.717, 1.165) is 25.7 Å². The van der Waals surface area contributed by atoms with Crippen LogP contribution in [-0.4, -0.2) is 0 Å². The molecule has 0 radical (unpaired) electrons. The summed E-state index contributed by atoms with van der Waals surface area (Å²) in [7, 11) is 0. The lowest BCUT2D eigenvalue weighted by molar-refractivity contribution is 0.346. The number of hydrogen-bond donors (Lipinski definition) is 0. The van der Waals surface area contributed by atoms with Crippen molar-refractivity contribution in [3.05, 3.63) is 179 Å². The summed E-state index contributed by atoms with van der Waals surface area (Å²) in [5, 5.41) is 0. The zero-order valence-corrected chi connectivity index (χ0v) is 42.9. The van der Waals surface area contributed by atoms with Gasteiger partial charge < -0.3 is 9.80 Å². The van der Waals surface area contributed by atoms with E-state index in [4.69, 9.17) is 0 Å². The zero-order chi connectivity index (χ0) is 47.2. The van der Waals surface area contributed by atoms with E-state index in [2.05, 4.69) is 183 Å². The topological polar surface area (TPSA) is 6.48 Å². The Hall–Kier alpha value is -5.08. The first kappa shape index (κ1) is 50.8. The van der Waals surface area contributed by atoms with E-state index in [-0.39, 0.29) is 5.41 Å². The summed E-state index contributed by atoms with van der Waals surface area (Å²) in [5.41, 5.74) is 16.0. The maximum absolute atomic E-state index is 2.47. The Morgan fingerprint density at radius 3 is 0.750 bits per heavy atom. The number of benzene rings is 6. The lowest BCUT2D eigenvalue weighted by Crippen LogP contribution is -2.30. The van der Waals surface area contributed by atoms with Gasteiger partial charge in [-0.1, -0.05) is 197 Å². The Morgan fingerprint density at radius 2 is 0.515 bits per heavy atom. The van der Waals surface area contributed by atoms with Gasteiger partial charge in [-0.25, -0.2) is 0 Å². The first-order chi connectivity index (χ1) is 33.5. The highest BCUT2D eigenvalue weighted by atomic mass is 15.1. The van der Waals surface area contributed by atoms with Gasteiger partial charge in [-0.15, -0.1) is 0 Å². The van der Waals surface area contributed by atoms with Crippen LogP contribution in [0.15, 0.2) is 146 Å². The van der Waals surface area contributed by atoms with Crippen LogP contribution in [0.1, 0.15) is 196 Å². The predicted octanol–water partition coefficient (Wildman–Crippen LogP) is 20.4. The molecule has 0 saturated heterocycles. The maximum Gasteiger partial charge on any atom is 0.0461 e. The van der Waals surface area contributed by atoms with Gasteiger partial charge in [-0.05, 0) is 170 Å². The highest BCUT2D eigenvalue weighted by Crippen LogP contribution is 2.47. The molecule has 0 amide bonds. The SMILES string of the molecule is CCCCCCc1ccc(N(c2ccc(CCCCCC)cc2)c2ccc(C3(c4ccc(N(c5ccc(CCCCCC)cc5)c5ccc(CCCCCC)cc5)cc4)CCCCC3)cc2)cc1. The molecule has 0 atom stereocenters. The molecule has 0 bridgehead atoms. The molecule has 6 aromatic rings. The first-order valence-corrected chi connectivity index (χ1v) is 27.7. The minimum absolute atomic E-state index is 0.0112. The summed E-state index contributed by atoms with van der Waals surface area (Å²) < 4.78 is 0. The third-order valence-electron chi connectivity index (χ3n) is 15.1. The van der Waals surface area contributed by atoms with Crippen molar-refractivity contribution in [1.82, 2.24) is 0 Å². The fourth-order valence-corrected chi connectivity index (χ4v) is 10.9. The average Bonchev–Trinajstić information content (AvgIpc) is 3.39. The van der Waals surface area contributed by atoms with Gasteiger partial charge >= 0.3 is 0 Å². The van der Waals surface area contributed by atoms with Crippen LogP contribution in [-0.2, 0) is 31.1 Å². The van der Waals surface area contributed by atoms with E-state index in [1.165, 1.54) is 202 Å². The maximum atomic E-state index is 2.47. The highest BCUT2D eigenvalue weighted by Gasteiger charge is 2.36. The molecule has 6 aromatic carbocycles. The van der Waals surface area contributed by atoms with Crippen LogP contribution in [0.5, 0.6) is 0 Å². The van der Waals surface area contributed by atoms with Crippen molar-refractivity contribution in [3.8, 4) is 0 Å². The van der Waals surface area contributed by atoms with Crippen molar-refractivity contribution >= 4 is 34.1 Å². The summed E-state index contributed by atoms with van der Waals surface area (Å²) in [4.78, 5) is 4.95. The van der Waals surface area contributed by atoms with Gasteiger partial charge in [-0.3, -0.25) is 0 Å². The summed E-state index contributed by atoms with van der Waals surface area (Å²) in [6.45, 7) is 9.17. The second-order valence-corrected chi connectivity index (χ2v) is 20.3. The Morgan fingerprint density at radius 1 is 0.279 bits per heavy atom. The van der Waals surface area contributed by atoms with Gasteiger partial charge in [0.25, 0.3) is 0 Å². The molecule has 2 nitrogen and oxygen atoms in total. The van der Waals surface area contributed by atoms with E-state index in [0.29, 0.717) is 0 Å².